The van der Waals surface area contributed by atoms with Gasteiger partial charge in [0.15, 0.2) is 0 Å². The van der Waals surface area contributed by atoms with Crippen molar-refractivity contribution in [3.05, 3.63) is 64.7 Å². The molecule has 0 spiro atoms. The van der Waals surface area contributed by atoms with Gasteiger partial charge < -0.3 is 10.5 Å². The van der Waals surface area contributed by atoms with E-state index >= 15 is 0 Å². The summed E-state index contributed by atoms with van der Waals surface area (Å²) >= 11 is 2.23. The number of halogens is 1. The van der Waals surface area contributed by atoms with E-state index in [0.29, 0.717) is 12.9 Å². The fourth-order valence-corrected chi connectivity index (χ4v) is 4.75. The Bertz CT molecular complexity index is 888. The Morgan fingerprint density at radius 3 is 2.56 bits per heavy atom. The predicted octanol–water partition coefficient (Wildman–Crippen LogP) is 4.64. The molecule has 3 unspecified atom stereocenters. The predicted molar refractivity (Wildman–Crippen MR) is 119 cm³/mol. The van der Waals surface area contributed by atoms with Gasteiger partial charge in [0.05, 0.1) is 18.4 Å². The van der Waals surface area contributed by atoms with Crippen molar-refractivity contribution in [3.63, 3.8) is 0 Å². The number of carbonyl (C=O) groups excluding carboxylic acids is 2. The minimum absolute atomic E-state index is 0.130. The lowest BCUT2D eigenvalue weighted by atomic mass is 9.85. The van der Waals surface area contributed by atoms with E-state index < -0.39 is 11.8 Å². The Labute approximate surface area is 173 Å². The smallest absolute Gasteiger partial charge is 0.237 e. The van der Waals surface area contributed by atoms with Crippen LogP contribution in [-0.2, 0) is 16.1 Å². The molecular formula is C20H21IN3O2P. The zero-order valence-electron chi connectivity index (χ0n) is 15.1. The van der Waals surface area contributed by atoms with Crippen molar-refractivity contribution < 1.29 is 9.59 Å². The molecule has 1 aliphatic heterocycles. The first-order chi connectivity index (χ1) is 13.0. The van der Waals surface area contributed by atoms with Crippen molar-refractivity contribution in [1.82, 2.24) is 4.90 Å². The standard InChI is InChI=1S/C20H21IN3O2P/c1-12-8-15(10-22)17(23-27-21)9-16(12)18-13(2)19(25)24(20(18)26)11-14-6-4-3-5-7-14/h3-10,13,18,22-23,27H,11H2,1-2H3. The van der Waals surface area contributed by atoms with Gasteiger partial charge in [-0.05, 0) is 57.8 Å². The number of aryl methyl sites for hydroxylation is 1. The van der Waals surface area contributed by atoms with Crippen LogP contribution in [0.5, 0.6) is 0 Å². The maximum Gasteiger partial charge on any atom is 0.237 e. The van der Waals surface area contributed by atoms with Crippen LogP contribution in [-0.4, -0.2) is 22.9 Å². The van der Waals surface area contributed by atoms with Crippen molar-refractivity contribution in [2.24, 2.45) is 5.92 Å². The van der Waals surface area contributed by atoms with Crippen molar-refractivity contribution >= 4 is 52.1 Å². The van der Waals surface area contributed by atoms with Crippen molar-refractivity contribution in [3.8, 4) is 0 Å². The number of imide groups is 1. The van der Waals surface area contributed by atoms with Gasteiger partial charge in [0.25, 0.3) is 0 Å². The summed E-state index contributed by atoms with van der Waals surface area (Å²) in [5, 5.41) is 10.9. The van der Waals surface area contributed by atoms with E-state index in [1.165, 1.54) is 11.1 Å². The van der Waals surface area contributed by atoms with Gasteiger partial charge in [-0.25, -0.2) is 0 Å². The molecule has 1 aliphatic rings. The summed E-state index contributed by atoms with van der Waals surface area (Å²) in [5.41, 5.74) is 4.34. The number of nitrogens with one attached hydrogen (secondary N) is 2. The Hall–Kier alpha value is -1.79. The molecule has 7 heteroatoms. The Balaban J connectivity index is 1.97. The normalized spacial score (nSPS) is 19.9. The minimum Gasteiger partial charge on any atom is -0.358 e. The summed E-state index contributed by atoms with van der Waals surface area (Å²) in [5.74, 6) is -1.17. The second-order valence-electron chi connectivity index (χ2n) is 6.67. The molecule has 140 valence electrons. The highest BCUT2D eigenvalue weighted by Gasteiger charge is 2.46. The molecule has 0 aromatic heterocycles. The molecule has 3 rings (SSSR count). The number of carbonyl (C=O) groups is 2. The summed E-state index contributed by atoms with van der Waals surface area (Å²) in [7, 11) is 0. The Kier molecular flexibility index (Phi) is 6.27. The molecule has 27 heavy (non-hydrogen) atoms. The summed E-state index contributed by atoms with van der Waals surface area (Å²) in [6, 6.07) is 13.4. The average Bonchev–Trinajstić information content (AvgIpc) is 2.87. The molecule has 1 fully saturated rings. The fraction of sp³-hybridized carbons (Fsp3) is 0.250. The van der Waals surface area contributed by atoms with Crippen molar-refractivity contribution in [2.45, 2.75) is 26.3 Å². The van der Waals surface area contributed by atoms with Gasteiger partial charge in [0.1, 0.15) is 0 Å². The fourth-order valence-electron chi connectivity index (χ4n) is 3.56. The molecule has 0 saturated carbocycles. The summed E-state index contributed by atoms with van der Waals surface area (Å²) in [6.45, 7) is 4.06. The van der Waals surface area contributed by atoms with Crippen LogP contribution in [0.25, 0.3) is 0 Å². The van der Waals surface area contributed by atoms with Gasteiger partial charge in [0.2, 0.25) is 11.8 Å². The van der Waals surface area contributed by atoms with E-state index in [2.05, 4.69) is 27.1 Å². The average molecular weight is 493 g/mol. The third-order valence-corrected chi connectivity index (χ3v) is 6.15. The van der Waals surface area contributed by atoms with E-state index in [-0.39, 0.29) is 11.8 Å². The maximum atomic E-state index is 13.1. The topological polar surface area (TPSA) is 73.3 Å². The van der Waals surface area contributed by atoms with E-state index in [0.717, 1.165) is 27.9 Å². The van der Waals surface area contributed by atoms with Crippen LogP contribution in [0.4, 0.5) is 5.69 Å². The van der Waals surface area contributed by atoms with E-state index in [1.807, 2.05) is 56.3 Å². The lowest BCUT2D eigenvalue weighted by Gasteiger charge is -2.19. The summed E-state index contributed by atoms with van der Waals surface area (Å²) < 4.78 is 0. The third-order valence-electron chi connectivity index (χ3n) is 4.98. The maximum absolute atomic E-state index is 13.1. The molecule has 1 heterocycles. The van der Waals surface area contributed by atoms with Crippen LogP contribution in [0.1, 0.15) is 35.1 Å². The molecule has 2 aromatic carbocycles. The molecule has 5 nitrogen and oxygen atoms in total. The molecule has 2 N–H and O–H groups in total. The first-order valence-corrected chi connectivity index (χ1v) is 12.7. The number of nitrogens with zero attached hydrogens (tertiary/aromatic N) is 1. The zero-order chi connectivity index (χ0) is 19.6. The number of anilines is 1. The van der Waals surface area contributed by atoms with Gasteiger partial charge in [-0.3, -0.25) is 14.5 Å². The molecule has 0 aliphatic carbocycles. The van der Waals surface area contributed by atoms with Crippen LogP contribution in [0.3, 0.4) is 0 Å². The summed E-state index contributed by atoms with van der Waals surface area (Å²) in [6.07, 6.45) is 1.76. The Morgan fingerprint density at radius 2 is 1.93 bits per heavy atom. The highest BCUT2D eigenvalue weighted by Crippen LogP contribution is 2.39. The molecule has 2 aromatic rings. The number of hydrogen-bond acceptors (Lipinski definition) is 4. The number of rotatable bonds is 6. The van der Waals surface area contributed by atoms with Gasteiger partial charge >= 0.3 is 0 Å². The van der Waals surface area contributed by atoms with Crippen LogP contribution in [0, 0.1) is 18.3 Å². The number of amides is 2. The van der Waals surface area contributed by atoms with Gasteiger partial charge in [-0.1, -0.05) is 37.3 Å². The van der Waals surface area contributed by atoms with Crippen molar-refractivity contribution in [1.29, 1.82) is 5.41 Å². The third kappa shape index (κ3) is 3.92. The minimum atomic E-state index is -0.487. The molecule has 0 bridgehead atoms. The molecule has 1 saturated heterocycles. The summed E-state index contributed by atoms with van der Waals surface area (Å²) in [4.78, 5) is 27.3. The number of hydrogen-bond donors (Lipinski definition) is 2. The van der Waals surface area contributed by atoms with Gasteiger partial charge in [-0.15, -0.1) is 0 Å². The molecular weight excluding hydrogens is 472 g/mol. The quantitative estimate of drug-likeness (QED) is 0.267. The van der Waals surface area contributed by atoms with Crippen molar-refractivity contribution in [2.75, 3.05) is 5.09 Å². The van der Waals surface area contributed by atoms with Crippen LogP contribution < -0.4 is 5.09 Å². The largest absolute Gasteiger partial charge is 0.358 e. The first-order valence-electron chi connectivity index (χ1n) is 8.63. The monoisotopic (exact) mass is 493 g/mol. The van der Waals surface area contributed by atoms with Gasteiger partial charge in [0, 0.05) is 23.8 Å². The first kappa shape index (κ1) is 20.0. The lowest BCUT2D eigenvalue weighted by Crippen LogP contribution is -2.30. The molecule has 0 radical (unpaired) electrons. The second-order valence-corrected chi connectivity index (χ2v) is 8.73. The van der Waals surface area contributed by atoms with Crippen LogP contribution >= 0.6 is 28.4 Å². The van der Waals surface area contributed by atoms with Gasteiger partial charge in [-0.2, -0.15) is 0 Å². The van der Waals surface area contributed by atoms with E-state index in [9.17, 15) is 9.59 Å². The second kappa shape index (κ2) is 8.48. The zero-order valence-corrected chi connectivity index (χ0v) is 18.3. The van der Waals surface area contributed by atoms with E-state index in [1.54, 1.807) is 0 Å². The van der Waals surface area contributed by atoms with Crippen LogP contribution in [0.15, 0.2) is 42.5 Å². The SMILES string of the molecule is Cc1cc(C=N)c(NPI)cc1C1C(=O)N(Cc2ccccc2)C(=O)C1C. The highest BCUT2D eigenvalue weighted by atomic mass is 127. The number of benzene rings is 2. The highest BCUT2D eigenvalue weighted by molar-refractivity contribution is 14.2. The molecule has 3 atom stereocenters. The van der Waals surface area contributed by atoms with E-state index in [4.69, 9.17) is 5.41 Å². The lowest BCUT2D eigenvalue weighted by molar-refractivity contribution is -0.140. The van der Waals surface area contributed by atoms with Crippen LogP contribution in [0.2, 0.25) is 0 Å². The molecule has 2 amide bonds. The Morgan fingerprint density at radius 1 is 1.22 bits per heavy atom. The number of likely N-dealkylation sites (tertiary alicyclic amines) is 1.